The van der Waals surface area contributed by atoms with Gasteiger partial charge < -0.3 is 4.57 Å². The van der Waals surface area contributed by atoms with E-state index in [9.17, 15) is 4.39 Å². The second-order valence-electron chi connectivity index (χ2n) is 5.27. The average molecular weight is 379 g/mol. The molecule has 0 saturated carbocycles. The van der Waals surface area contributed by atoms with Crippen molar-refractivity contribution in [1.29, 1.82) is 0 Å². The van der Waals surface area contributed by atoms with Crippen molar-refractivity contribution in [3.63, 3.8) is 0 Å². The lowest BCUT2D eigenvalue weighted by Crippen LogP contribution is -1.91. The SMILES string of the molecule is CCn1cc(Sc2cnc(Br)cc2C)c2c(C)cc(F)cc21. The van der Waals surface area contributed by atoms with Crippen LogP contribution in [0.25, 0.3) is 10.9 Å². The molecule has 5 heteroatoms. The Kier molecular flexibility index (Phi) is 4.28. The van der Waals surface area contributed by atoms with Crippen molar-refractivity contribution in [2.24, 2.45) is 0 Å². The first-order chi connectivity index (χ1) is 10.5. The highest BCUT2D eigenvalue weighted by Crippen LogP contribution is 2.38. The number of hydrogen-bond acceptors (Lipinski definition) is 2. The molecule has 0 unspecified atom stereocenters. The van der Waals surface area contributed by atoms with E-state index in [1.54, 1.807) is 23.9 Å². The molecular formula is C17H16BrFN2S. The molecule has 2 heterocycles. The first-order valence-electron chi connectivity index (χ1n) is 7.08. The summed E-state index contributed by atoms with van der Waals surface area (Å²) in [5, 5.41) is 1.12. The fraction of sp³-hybridized carbons (Fsp3) is 0.235. The normalized spacial score (nSPS) is 11.3. The molecule has 0 spiro atoms. The Bertz CT molecular complexity index is 857. The molecule has 0 aliphatic rings. The minimum absolute atomic E-state index is 0.184. The predicted octanol–water partition coefficient (Wildman–Crippen LogP) is 5.73. The molecule has 3 aromatic rings. The van der Waals surface area contributed by atoms with Crippen LogP contribution in [0, 0.1) is 19.7 Å². The van der Waals surface area contributed by atoms with Crippen LogP contribution in [-0.2, 0) is 6.54 Å². The van der Waals surface area contributed by atoms with E-state index in [2.05, 4.69) is 45.5 Å². The van der Waals surface area contributed by atoms with E-state index in [0.29, 0.717) is 0 Å². The van der Waals surface area contributed by atoms with Gasteiger partial charge in [0.25, 0.3) is 0 Å². The topological polar surface area (TPSA) is 17.8 Å². The van der Waals surface area contributed by atoms with Crippen molar-refractivity contribution in [3.8, 4) is 0 Å². The van der Waals surface area contributed by atoms with E-state index < -0.39 is 0 Å². The van der Waals surface area contributed by atoms with Gasteiger partial charge in [-0.3, -0.25) is 0 Å². The number of nitrogens with zero attached hydrogens (tertiary/aromatic N) is 2. The summed E-state index contributed by atoms with van der Waals surface area (Å²) in [4.78, 5) is 6.56. The van der Waals surface area contributed by atoms with E-state index in [-0.39, 0.29) is 5.82 Å². The number of halogens is 2. The van der Waals surface area contributed by atoms with Crippen molar-refractivity contribution in [3.05, 3.63) is 52.1 Å². The van der Waals surface area contributed by atoms with Gasteiger partial charge in [0.15, 0.2) is 0 Å². The number of aryl methyl sites for hydroxylation is 3. The first-order valence-corrected chi connectivity index (χ1v) is 8.69. The highest BCUT2D eigenvalue weighted by molar-refractivity contribution is 9.10. The van der Waals surface area contributed by atoms with Crippen LogP contribution in [0.4, 0.5) is 4.39 Å². The third kappa shape index (κ3) is 2.79. The zero-order valence-corrected chi connectivity index (χ0v) is 15.1. The average Bonchev–Trinajstić information content (AvgIpc) is 2.80. The Labute approximate surface area is 141 Å². The van der Waals surface area contributed by atoms with Gasteiger partial charge in [0, 0.05) is 34.1 Å². The Morgan fingerprint density at radius 2 is 1.95 bits per heavy atom. The maximum atomic E-state index is 13.7. The van der Waals surface area contributed by atoms with Crippen LogP contribution >= 0.6 is 27.7 Å². The van der Waals surface area contributed by atoms with Crippen LogP contribution in [-0.4, -0.2) is 9.55 Å². The van der Waals surface area contributed by atoms with Gasteiger partial charge in [0.05, 0.1) is 5.52 Å². The highest BCUT2D eigenvalue weighted by atomic mass is 79.9. The van der Waals surface area contributed by atoms with Crippen LogP contribution in [0.3, 0.4) is 0 Å². The zero-order chi connectivity index (χ0) is 15.9. The van der Waals surface area contributed by atoms with E-state index >= 15 is 0 Å². The van der Waals surface area contributed by atoms with Crippen LogP contribution in [0.2, 0.25) is 0 Å². The Morgan fingerprint density at radius 3 is 2.64 bits per heavy atom. The van der Waals surface area contributed by atoms with Crippen molar-refractivity contribution >= 4 is 38.6 Å². The molecule has 2 nitrogen and oxygen atoms in total. The minimum atomic E-state index is -0.184. The maximum absolute atomic E-state index is 13.7. The van der Waals surface area contributed by atoms with Gasteiger partial charge >= 0.3 is 0 Å². The van der Waals surface area contributed by atoms with E-state index in [4.69, 9.17) is 0 Å². The molecule has 0 atom stereocenters. The molecule has 0 aliphatic carbocycles. The van der Waals surface area contributed by atoms with Crippen LogP contribution in [0.1, 0.15) is 18.1 Å². The van der Waals surface area contributed by atoms with Crippen molar-refractivity contribution in [2.75, 3.05) is 0 Å². The van der Waals surface area contributed by atoms with Crippen molar-refractivity contribution in [1.82, 2.24) is 9.55 Å². The molecule has 2 aromatic heterocycles. The summed E-state index contributed by atoms with van der Waals surface area (Å²) in [6.07, 6.45) is 3.97. The van der Waals surface area contributed by atoms with Gasteiger partial charge in [-0.2, -0.15) is 0 Å². The fourth-order valence-corrected chi connectivity index (χ4v) is 4.18. The zero-order valence-electron chi connectivity index (χ0n) is 12.7. The summed E-state index contributed by atoms with van der Waals surface area (Å²) in [5.41, 5.74) is 3.08. The van der Waals surface area contributed by atoms with Crippen molar-refractivity contribution < 1.29 is 4.39 Å². The number of fused-ring (bicyclic) bond motifs is 1. The van der Waals surface area contributed by atoms with Gasteiger partial charge in [0.1, 0.15) is 10.4 Å². The van der Waals surface area contributed by atoms with E-state index in [0.717, 1.165) is 37.4 Å². The molecule has 1 aromatic carbocycles. The van der Waals surface area contributed by atoms with Crippen LogP contribution in [0.5, 0.6) is 0 Å². The molecule has 0 radical (unpaired) electrons. The third-order valence-corrected chi connectivity index (χ3v) is 5.31. The summed E-state index contributed by atoms with van der Waals surface area (Å²) in [6, 6.07) is 5.22. The number of hydrogen-bond donors (Lipinski definition) is 0. The monoisotopic (exact) mass is 378 g/mol. The highest BCUT2D eigenvalue weighted by Gasteiger charge is 2.14. The lowest BCUT2D eigenvalue weighted by Gasteiger charge is -2.06. The number of aromatic nitrogens is 2. The fourth-order valence-electron chi connectivity index (χ4n) is 2.62. The van der Waals surface area contributed by atoms with Crippen molar-refractivity contribution in [2.45, 2.75) is 37.1 Å². The summed E-state index contributed by atoms with van der Waals surface area (Å²) >= 11 is 5.07. The second kappa shape index (κ2) is 6.05. The maximum Gasteiger partial charge on any atom is 0.125 e. The largest absolute Gasteiger partial charge is 0.346 e. The molecule has 0 saturated heterocycles. The minimum Gasteiger partial charge on any atom is -0.346 e. The van der Waals surface area contributed by atoms with E-state index in [1.807, 2.05) is 19.2 Å². The molecule has 3 rings (SSSR count). The molecule has 22 heavy (non-hydrogen) atoms. The van der Waals surface area contributed by atoms with Gasteiger partial charge in [-0.15, -0.1) is 0 Å². The van der Waals surface area contributed by atoms with Crippen LogP contribution in [0.15, 0.2) is 45.0 Å². The van der Waals surface area contributed by atoms with Gasteiger partial charge in [-0.05, 0) is 66.0 Å². The first kappa shape index (κ1) is 15.6. The summed E-state index contributed by atoms with van der Waals surface area (Å²) in [7, 11) is 0. The number of benzene rings is 1. The third-order valence-electron chi connectivity index (χ3n) is 3.70. The quantitative estimate of drug-likeness (QED) is 0.541. The molecular weight excluding hydrogens is 363 g/mol. The van der Waals surface area contributed by atoms with E-state index in [1.165, 1.54) is 5.56 Å². The van der Waals surface area contributed by atoms with Gasteiger partial charge in [-0.25, -0.2) is 9.37 Å². The molecule has 0 amide bonds. The Balaban J connectivity index is 2.15. The summed E-state index contributed by atoms with van der Waals surface area (Å²) < 4.78 is 16.7. The summed E-state index contributed by atoms with van der Waals surface area (Å²) in [6.45, 7) is 6.92. The second-order valence-corrected chi connectivity index (χ2v) is 7.17. The molecule has 0 aliphatic heterocycles. The smallest absolute Gasteiger partial charge is 0.125 e. The lowest BCUT2D eigenvalue weighted by molar-refractivity contribution is 0.627. The van der Waals surface area contributed by atoms with Gasteiger partial charge in [0.2, 0.25) is 0 Å². The Morgan fingerprint density at radius 1 is 1.18 bits per heavy atom. The Hall–Kier alpha value is -1.33. The number of pyridine rings is 1. The number of rotatable bonds is 3. The van der Waals surface area contributed by atoms with Gasteiger partial charge in [-0.1, -0.05) is 11.8 Å². The molecule has 0 bridgehead atoms. The molecule has 0 fully saturated rings. The summed E-state index contributed by atoms with van der Waals surface area (Å²) in [5.74, 6) is -0.184. The molecule has 0 N–H and O–H groups in total. The van der Waals surface area contributed by atoms with Crippen LogP contribution < -0.4 is 0 Å². The standard InChI is InChI=1S/C17H16BrFN2S/c1-4-21-9-15(17-11(3)5-12(19)7-13(17)21)22-14-8-20-16(18)6-10(14)2/h5-9H,4H2,1-3H3. The molecule has 114 valence electrons. The lowest BCUT2D eigenvalue weighted by atomic mass is 10.1. The predicted molar refractivity (Wildman–Crippen MR) is 93.1 cm³/mol.